The number of nitrogens with zero attached hydrogens (tertiary/aromatic N) is 1. The van der Waals surface area contributed by atoms with Crippen LogP contribution in [-0.4, -0.2) is 45.4 Å². The third kappa shape index (κ3) is 4.20. The van der Waals surface area contributed by atoms with Crippen LogP contribution in [0.3, 0.4) is 0 Å². The highest BCUT2D eigenvalue weighted by molar-refractivity contribution is 7.89. The molecule has 0 bridgehead atoms. The monoisotopic (exact) mass is 310 g/mol. The van der Waals surface area contributed by atoms with Crippen LogP contribution in [0.2, 0.25) is 0 Å². The molecule has 1 amide bonds. The van der Waals surface area contributed by atoms with Gasteiger partial charge in [-0.3, -0.25) is 4.79 Å². The Morgan fingerprint density at radius 3 is 2.10 bits per heavy atom. The van der Waals surface area contributed by atoms with E-state index in [1.54, 1.807) is 5.32 Å². The molecule has 0 aliphatic rings. The predicted octanol–water partition coefficient (Wildman–Crippen LogP) is 1.23. The third-order valence-corrected chi connectivity index (χ3v) is 4.17. The highest BCUT2D eigenvalue weighted by atomic mass is 32.2. The van der Waals surface area contributed by atoms with Gasteiger partial charge in [-0.25, -0.2) is 12.7 Å². The third-order valence-electron chi connectivity index (χ3n) is 2.34. The molecule has 9 heteroatoms. The minimum atomic E-state index is -4.50. The molecule has 1 aromatic rings. The molecule has 5 nitrogen and oxygen atoms in total. The lowest BCUT2D eigenvalue weighted by Crippen LogP contribution is -2.33. The number of amides is 1. The molecular weight excluding hydrogens is 297 g/mol. The predicted molar refractivity (Wildman–Crippen MR) is 65.7 cm³/mol. The van der Waals surface area contributed by atoms with E-state index >= 15 is 0 Å². The molecule has 0 aliphatic carbocycles. The van der Waals surface area contributed by atoms with Crippen LogP contribution in [0.4, 0.5) is 13.2 Å². The number of benzene rings is 1. The van der Waals surface area contributed by atoms with E-state index in [9.17, 15) is 26.4 Å². The molecule has 0 aliphatic heterocycles. The summed E-state index contributed by atoms with van der Waals surface area (Å²) in [6.07, 6.45) is -4.50. The Kier molecular flexibility index (Phi) is 4.77. The van der Waals surface area contributed by atoms with E-state index in [1.165, 1.54) is 14.1 Å². The first kappa shape index (κ1) is 16.4. The zero-order valence-electron chi connectivity index (χ0n) is 10.7. The second-order valence-electron chi connectivity index (χ2n) is 4.11. The Bertz CT molecular complexity index is 580. The van der Waals surface area contributed by atoms with Crippen LogP contribution >= 0.6 is 0 Å². The number of halogens is 3. The van der Waals surface area contributed by atoms with Crippen LogP contribution < -0.4 is 5.32 Å². The Balaban J connectivity index is 2.85. The summed E-state index contributed by atoms with van der Waals surface area (Å²) in [5, 5.41) is 1.70. The second-order valence-corrected chi connectivity index (χ2v) is 6.26. The second kappa shape index (κ2) is 5.80. The van der Waals surface area contributed by atoms with E-state index in [0.29, 0.717) is 0 Å². The lowest BCUT2D eigenvalue weighted by atomic mass is 10.2. The van der Waals surface area contributed by atoms with Crippen molar-refractivity contribution in [3.63, 3.8) is 0 Å². The summed E-state index contributed by atoms with van der Waals surface area (Å²) in [6.45, 7) is -1.44. The van der Waals surface area contributed by atoms with Gasteiger partial charge >= 0.3 is 6.18 Å². The molecule has 1 aromatic carbocycles. The fraction of sp³-hybridized carbons (Fsp3) is 0.364. The molecule has 0 radical (unpaired) electrons. The summed E-state index contributed by atoms with van der Waals surface area (Å²) in [5.74, 6) is -0.920. The highest BCUT2D eigenvalue weighted by Crippen LogP contribution is 2.15. The van der Waals surface area contributed by atoms with E-state index in [0.717, 1.165) is 28.6 Å². The van der Waals surface area contributed by atoms with E-state index in [1.807, 2.05) is 0 Å². The number of rotatable bonds is 4. The van der Waals surface area contributed by atoms with Crippen molar-refractivity contribution < 1.29 is 26.4 Å². The molecule has 0 fully saturated rings. The van der Waals surface area contributed by atoms with Crippen molar-refractivity contribution in [3.8, 4) is 0 Å². The molecule has 0 unspecified atom stereocenters. The molecule has 0 aromatic heterocycles. The Labute approximate surface area is 114 Å². The molecule has 20 heavy (non-hydrogen) atoms. The summed E-state index contributed by atoms with van der Waals surface area (Å²) >= 11 is 0. The largest absolute Gasteiger partial charge is 0.405 e. The molecule has 0 heterocycles. The van der Waals surface area contributed by atoms with Gasteiger partial charge in [0, 0.05) is 19.7 Å². The van der Waals surface area contributed by atoms with Gasteiger partial charge < -0.3 is 5.32 Å². The topological polar surface area (TPSA) is 66.5 Å². The number of alkyl halides is 3. The van der Waals surface area contributed by atoms with Crippen molar-refractivity contribution in [2.75, 3.05) is 20.6 Å². The lowest BCUT2D eigenvalue weighted by molar-refractivity contribution is -0.123. The Hall–Kier alpha value is -1.61. The van der Waals surface area contributed by atoms with Crippen molar-refractivity contribution in [2.24, 2.45) is 0 Å². The summed E-state index contributed by atoms with van der Waals surface area (Å²) in [6, 6.07) is 4.64. The summed E-state index contributed by atoms with van der Waals surface area (Å²) < 4.78 is 60.3. The molecule has 0 spiro atoms. The number of carbonyl (C=O) groups excluding carboxylic acids is 1. The van der Waals surface area contributed by atoms with E-state index in [4.69, 9.17) is 0 Å². The highest BCUT2D eigenvalue weighted by Gasteiger charge is 2.28. The van der Waals surface area contributed by atoms with Gasteiger partial charge in [0.15, 0.2) is 0 Å². The first-order valence-electron chi connectivity index (χ1n) is 5.41. The number of hydrogen-bond donors (Lipinski definition) is 1. The molecule has 1 rings (SSSR count). The van der Waals surface area contributed by atoms with Gasteiger partial charge in [-0.2, -0.15) is 13.2 Å². The van der Waals surface area contributed by atoms with Crippen molar-refractivity contribution in [2.45, 2.75) is 11.1 Å². The number of carbonyl (C=O) groups is 1. The van der Waals surface area contributed by atoms with Crippen LogP contribution in [0.15, 0.2) is 29.2 Å². The maximum atomic E-state index is 11.9. The lowest BCUT2D eigenvalue weighted by Gasteiger charge is -2.12. The maximum Gasteiger partial charge on any atom is 0.405 e. The van der Waals surface area contributed by atoms with Gasteiger partial charge in [-0.1, -0.05) is 0 Å². The van der Waals surface area contributed by atoms with Crippen LogP contribution in [0.1, 0.15) is 10.4 Å². The van der Waals surface area contributed by atoms with Crippen LogP contribution in [0, 0.1) is 0 Å². The van der Waals surface area contributed by atoms with Gasteiger partial charge in [0.25, 0.3) is 5.91 Å². The first-order valence-corrected chi connectivity index (χ1v) is 6.85. The van der Waals surface area contributed by atoms with Gasteiger partial charge in [0.2, 0.25) is 10.0 Å². The summed E-state index contributed by atoms with van der Waals surface area (Å²) in [4.78, 5) is 11.4. The normalized spacial score (nSPS) is 12.5. The van der Waals surface area contributed by atoms with Crippen molar-refractivity contribution in [1.29, 1.82) is 0 Å². The Morgan fingerprint density at radius 2 is 1.70 bits per heavy atom. The van der Waals surface area contributed by atoms with Crippen molar-refractivity contribution in [3.05, 3.63) is 29.8 Å². The van der Waals surface area contributed by atoms with Crippen LogP contribution in [0.25, 0.3) is 0 Å². The average molecular weight is 310 g/mol. The minimum absolute atomic E-state index is 0.0464. The van der Waals surface area contributed by atoms with Crippen LogP contribution in [0.5, 0.6) is 0 Å². The van der Waals surface area contributed by atoms with Crippen molar-refractivity contribution in [1.82, 2.24) is 9.62 Å². The summed E-state index contributed by atoms with van der Waals surface area (Å²) in [7, 11) is -0.940. The Morgan fingerprint density at radius 1 is 1.20 bits per heavy atom. The zero-order chi connectivity index (χ0) is 15.6. The van der Waals surface area contributed by atoms with Crippen LogP contribution in [-0.2, 0) is 10.0 Å². The van der Waals surface area contributed by atoms with Gasteiger partial charge in [0.05, 0.1) is 4.90 Å². The van der Waals surface area contributed by atoms with Gasteiger partial charge in [-0.05, 0) is 24.3 Å². The molecule has 0 saturated carbocycles. The fourth-order valence-corrected chi connectivity index (χ4v) is 2.17. The van der Waals surface area contributed by atoms with Crippen molar-refractivity contribution >= 4 is 15.9 Å². The SMILES string of the molecule is CN(C)S(=O)(=O)c1ccc(C(=O)NCC(F)(F)F)cc1. The average Bonchev–Trinajstić information content (AvgIpc) is 2.35. The number of nitrogens with one attached hydrogen (secondary N) is 1. The number of sulfonamides is 1. The zero-order valence-corrected chi connectivity index (χ0v) is 11.5. The molecule has 0 saturated heterocycles. The van der Waals surface area contributed by atoms with Gasteiger partial charge in [-0.15, -0.1) is 0 Å². The first-order chi connectivity index (χ1) is 9.04. The molecular formula is C11H13F3N2O3S. The van der Waals surface area contributed by atoms with Gasteiger partial charge in [0.1, 0.15) is 6.54 Å². The maximum absolute atomic E-state index is 11.9. The smallest absolute Gasteiger partial charge is 0.343 e. The van der Waals surface area contributed by atoms with E-state index < -0.39 is 28.7 Å². The molecule has 112 valence electrons. The standard InChI is InChI=1S/C11H13F3N2O3S/c1-16(2)20(18,19)9-5-3-8(4-6-9)10(17)15-7-11(12,13)14/h3-6H,7H2,1-2H3,(H,15,17). The van der Waals surface area contributed by atoms with E-state index in [-0.39, 0.29) is 10.5 Å². The molecule has 1 N–H and O–H groups in total. The van der Waals surface area contributed by atoms with E-state index in [2.05, 4.69) is 0 Å². The number of hydrogen-bond acceptors (Lipinski definition) is 3. The fourth-order valence-electron chi connectivity index (χ4n) is 1.27. The molecule has 0 atom stereocenters. The quantitative estimate of drug-likeness (QED) is 0.909. The minimum Gasteiger partial charge on any atom is -0.343 e. The summed E-state index contributed by atoms with van der Waals surface area (Å²) in [5.41, 5.74) is -0.0491.